The third-order valence-corrected chi connectivity index (χ3v) is 5.83. The molecule has 8 nitrogen and oxygen atoms in total. The van der Waals surface area contributed by atoms with Crippen LogP contribution in [0.1, 0.15) is 21.6 Å². The zero-order valence-corrected chi connectivity index (χ0v) is 19.4. The summed E-state index contributed by atoms with van der Waals surface area (Å²) in [6.45, 7) is 1.66. The standard InChI is InChI=1S/C25H19ClFN3O5/c1-14-20(13-24(31)28-17-6-4-16(27)5-7-17)21-12-18(35-2)8-10-22(21)29(14)25(32)19-9-3-15(26)11-23(19)30(33)34/h3-12H,13H2,1-2H3,(H,28,31). The van der Waals surface area contributed by atoms with Crippen LogP contribution in [0, 0.1) is 22.9 Å². The topological polar surface area (TPSA) is 103 Å². The van der Waals surface area contributed by atoms with E-state index in [-0.39, 0.29) is 22.9 Å². The Kier molecular flexibility index (Phi) is 6.52. The average molecular weight is 496 g/mol. The monoisotopic (exact) mass is 495 g/mol. The summed E-state index contributed by atoms with van der Waals surface area (Å²) in [6, 6.07) is 14.2. The van der Waals surface area contributed by atoms with Crippen LogP contribution in [0.25, 0.3) is 10.9 Å². The molecule has 35 heavy (non-hydrogen) atoms. The van der Waals surface area contributed by atoms with Crippen LogP contribution >= 0.6 is 11.6 Å². The molecule has 10 heteroatoms. The highest BCUT2D eigenvalue weighted by Gasteiger charge is 2.27. The maximum atomic E-state index is 13.5. The molecule has 0 atom stereocenters. The predicted octanol–water partition coefficient (Wildman–Crippen LogP) is 5.53. The summed E-state index contributed by atoms with van der Waals surface area (Å²) < 4.78 is 19.8. The minimum absolute atomic E-state index is 0.101. The molecule has 0 aliphatic heterocycles. The summed E-state index contributed by atoms with van der Waals surface area (Å²) in [7, 11) is 1.49. The average Bonchev–Trinajstić information content (AvgIpc) is 3.10. The minimum Gasteiger partial charge on any atom is -0.497 e. The van der Waals surface area contributed by atoms with Crippen molar-refractivity contribution in [1.82, 2.24) is 4.57 Å². The van der Waals surface area contributed by atoms with Gasteiger partial charge in [-0.25, -0.2) is 4.39 Å². The number of rotatable bonds is 6. The number of carbonyl (C=O) groups is 2. The predicted molar refractivity (Wildman–Crippen MR) is 130 cm³/mol. The Morgan fingerprint density at radius 1 is 1.11 bits per heavy atom. The van der Waals surface area contributed by atoms with Crippen LogP contribution in [0.5, 0.6) is 5.75 Å². The Hall–Kier alpha value is -4.24. The Balaban J connectivity index is 1.80. The van der Waals surface area contributed by atoms with Crippen LogP contribution in [0.4, 0.5) is 15.8 Å². The summed E-state index contributed by atoms with van der Waals surface area (Å²) >= 11 is 5.91. The molecule has 0 spiro atoms. The Morgan fingerprint density at radius 2 is 1.83 bits per heavy atom. The second kappa shape index (κ2) is 9.55. The zero-order valence-electron chi connectivity index (χ0n) is 18.7. The van der Waals surface area contributed by atoms with Gasteiger partial charge in [-0.3, -0.25) is 24.3 Å². The number of fused-ring (bicyclic) bond motifs is 1. The third kappa shape index (κ3) is 4.71. The minimum atomic E-state index is -0.666. The molecule has 0 bridgehead atoms. The van der Waals surface area contributed by atoms with Gasteiger partial charge in [-0.2, -0.15) is 0 Å². The Bertz CT molecular complexity index is 1480. The van der Waals surface area contributed by atoms with Gasteiger partial charge in [0.1, 0.15) is 17.1 Å². The molecule has 1 N–H and O–H groups in total. The van der Waals surface area contributed by atoms with Gasteiger partial charge >= 0.3 is 0 Å². The van der Waals surface area contributed by atoms with Crippen molar-refractivity contribution in [3.8, 4) is 5.75 Å². The van der Waals surface area contributed by atoms with Crippen LogP contribution in [0.2, 0.25) is 5.02 Å². The molecule has 3 aromatic carbocycles. The number of hydrogen-bond donors (Lipinski definition) is 1. The molecule has 0 saturated heterocycles. The SMILES string of the molecule is COc1ccc2c(c1)c(CC(=O)Nc1ccc(F)cc1)c(C)n2C(=O)c1ccc(Cl)cc1[N+](=O)[O-]. The Labute approximate surface area is 204 Å². The number of nitrogens with zero attached hydrogens (tertiary/aromatic N) is 2. The van der Waals surface area contributed by atoms with Gasteiger partial charge in [0.15, 0.2) is 0 Å². The van der Waals surface area contributed by atoms with Crippen molar-refractivity contribution >= 4 is 45.7 Å². The largest absolute Gasteiger partial charge is 0.497 e. The molecule has 0 radical (unpaired) electrons. The van der Waals surface area contributed by atoms with Gasteiger partial charge in [0.2, 0.25) is 5.91 Å². The molecule has 0 saturated carbocycles. The number of nitrogens with one attached hydrogen (secondary N) is 1. The van der Waals surface area contributed by atoms with Crippen LogP contribution in [0.15, 0.2) is 60.7 Å². The molecule has 1 aromatic heterocycles. The number of hydrogen-bond acceptors (Lipinski definition) is 5. The first-order valence-corrected chi connectivity index (χ1v) is 10.8. The van der Waals surface area contributed by atoms with Crippen LogP contribution in [0.3, 0.4) is 0 Å². The lowest BCUT2D eigenvalue weighted by Crippen LogP contribution is -2.17. The lowest BCUT2D eigenvalue weighted by molar-refractivity contribution is -0.385. The van der Waals surface area contributed by atoms with Crippen molar-refractivity contribution in [1.29, 1.82) is 0 Å². The van der Waals surface area contributed by atoms with Crippen molar-refractivity contribution in [3.05, 3.63) is 98.4 Å². The molecular formula is C25H19ClFN3O5. The number of amides is 1. The fourth-order valence-electron chi connectivity index (χ4n) is 3.93. The molecule has 0 unspecified atom stereocenters. The van der Waals surface area contributed by atoms with Gasteiger partial charge in [0, 0.05) is 27.9 Å². The fourth-order valence-corrected chi connectivity index (χ4v) is 4.10. The highest BCUT2D eigenvalue weighted by Crippen LogP contribution is 2.32. The van der Waals surface area contributed by atoms with Gasteiger partial charge in [-0.15, -0.1) is 0 Å². The van der Waals surface area contributed by atoms with Gasteiger partial charge in [0.25, 0.3) is 11.6 Å². The van der Waals surface area contributed by atoms with Crippen molar-refractivity contribution in [2.24, 2.45) is 0 Å². The van der Waals surface area contributed by atoms with E-state index in [4.69, 9.17) is 16.3 Å². The smallest absolute Gasteiger partial charge is 0.283 e. The first-order chi connectivity index (χ1) is 16.7. The number of benzene rings is 3. The van der Waals surface area contributed by atoms with E-state index in [1.165, 1.54) is 48.1 Å². The first-order valence-electron chi connectivity index (χ1n) is 10.4. The number of ether oxygens (including phenoxy) is 1. The van der Waals surface area contributed by atoms with E-state index in [1.54, 1.807) is 25.1 Å². The second-order valence-corrected chi connectivity index (χ2v) is 8.17. The number of carbonyl (C=O) groups excluding carboxylic acids is 2. The van der Waals surface area contributed by atoms with Gasteiger partial charge in [0.05, 0.1) is 24.0 Å². The number of nitro groups is 1. The highest BCUT2D eigenvalue weighted by molar-refractivity contribution is 6.31. The zero-order chi connectivity index (χ0) is 25.3. The summed E-state index contributed by atoms with van der Waals surface area (Å²) in [5, 5.41) is 15.0. The summed E-state index contributed by atoms with van der Waals surface area (Å²) in [4.78, 5) is 37.3. The van der Waals surface area contributed by atoms with E-state index in [2.05, 4.69) is 5.32 Å². The number of nitro benzene ring substituents is 1. The normalized spacial score (nSPS) is 10.9. The highest BCUT2D eigenvalue weighted by atomic mass is 35.5. The van der Waals surface area contributed by atoms with Gasteiger partial charge < -0.3 is 10.1 Å². The van der Waals surface area contributed by atoms with Crippen molar-refractivity contribution in [3.63, 3.8) is 0 Å². The quantitative estimate of drug-likeness (QED) is 0.280. The van der Waals surface area contributed by atoms with Gasteiger partial charge in [-0.05, 0) is 67.1 Å². The van der Waals surface area contributed by atoms with E-state index >= 15 is 0 Å². The number of anilines is 1. The Morgan fingerprint density at radius 3 is 2.49 bits per heavy atom. The van der Waals surface area contributed by atoms with Gasteiger partial charge in [-0.1, -0.05) is 11.6 Å². The van der Waals surface area contributed by atoms with E-state index < -0.39 is 22.3 Å². The first kappa shape index (κ1) is 23.9. The second-order valence-electron chi connectivity index (χ2n) is 7.74. The van der Waals surface area contributed by atoms with E-state index in [9.17, 15) is 24.1 Å². The lowest BCUT2D eigenvalue weighted by atomic mass is 10.1. The molecule has 4 rings (SSSR count). The molecule has 1 heterocycles. The molecule has 1 amide bonds. The summed E-state index contributed by atoms with van der Waals surface area (Å²) in [5.41, 5.74) is 1.30. The number of methoxy groups -OCH3 is 1. The molecule has 178 valence electrons. The molecule has 0 aliphatic rings. The maximum absolute atomic E-state index is 13.5. The summed E-state index contributed by atoms with van der Waals surface area (Å²) in [5.74, 6) is -0.929. The molecular weight excluding hydrogens is 477 g/mol. The third-order valence-electron chi connectivity index (χ3n) is 5.60. The van der Waals surface area contributed by atoms with Crippen LogP contribution < -0.4 is 10.1 Å². The summed E-state index contributed by atoms with van der Waals surface area (Å²) in [6.07, 6.45) is -0.101. The van der Waals surface area contributed by atoms with E-state index in [0.717, 1.165) is 6.07 Å². The van der Waals surface area contributed by atoms with E-state index in [1.807, 2.05) is 0 Å². The lowest BCUT2D eigenvalue weighted by Gasteiger charge is -2.09. The van der Waals surface area contributed by atoms with Crippen LogP contribution in [-0.4, -0.2) is 28.4 Å². The molecule has 0 fully saturated rings. The molecule has 4 aromatic rings. The maximum Gasteiger partial charge on any atom is 0.283 e. The van der Waals surface area contributed by atoms with Crippen LogP contribution in [-0.2, 0) is 11.2 Å². The van der Waals surface area contributed by atoms with Crippen molar-refractivity contribution < 1.29 is 23.6 Å². The van der Waals surface area contributed by atoms with E-state index in [0.29, 0.717) is 33.6 Å². The fraction of sp³-hybridized carbons (Fsp3) is 0.120. The number of halogens is 2. The molecule has 0 aliphatic carbocycles. The number of aromatic nitrogens is 1. The van der Waals surface area contributed by atoms with Crippen molar-refractivity contribution in [2.75, 3.05) is 12.4 Å². The van der Waals surface area contributed by atoms with Crippen molar-refractivity contribution in [2.45, 2.75) is 13.3 Å².